The molecule has 0 aliphatic carbocycles. The average Bonchev–Trinajstić information content (AvgIpc) is 3.25. The van der Waals surface area contributed by atoms with Crippen LogP contribution in [0.3, 0.4) is 0 Å². The van der Waals surface area contributed by atoms with Crippen molar-refractivity contribution in [2.45, 2.75) is 19.0 Å². The highest BCUT2D eigenvalue weighted by atomic mass is 79.9. The van der Waals surface area contributed by atoms with E-state index in [1.165, 1.54) is 11.3 Å². The molecule has 0 spiro atoms. The molecule has 2 aromatic rings. The molecule has 0 bridgehead atoms. The van der Waals surface area contributed by atoms with Crippen molar-refractivity contribution in [3.63, 3.8) is 0 Å². The SMILES string of the molecule is O=C(NCCc1ccc(OCCN2CC[C@H](F)C2)c(Br)c1)c1cc(Br)cs1. The maximum absolute atomic E-state index is 13.2. The molecule has 0 saturated carbocycles. The Hall–Kier alpha value is -0.960. The predicted octanol–water partition coefficient (Wildman–Crippen LogP) is 4.67. The number of carbonyl (C=O) groups excluding carboxylic acids is 1. The molecule has 8 heteroatoms. The van der Waals surface area contributed by atoms with Crippen molar-refractivity contribution in [2.75, 3.05) is 32.8 Å². The van der Waals surface area contributed by atoms with Crippen molar-refractivity contribution in [3.05, 3.63) is 49.0 Å². The topological polar surface area (TPSA) is 41.6 Å². The average molecular weight is 520 g/mol. The third-order valence-electron chi connectivity index (χ3n) is 4.37. The van der Waals surface area contributed by atoms with Gasteiger partial charge in [-0.05, 0) is 68.5 Å². The highest BCUT2D eigenvalue weighted by molar-refractivity contribution is 9.10. The van der Waals surface area contributed by atoms with Gasteiger partial charge in [0.25, 0.3) is 5.91 Å². The van der Waals surface area contributed by atoms with Crippen LogP contribution >= 0.6 is 43.2 Å². The largest absolute Gasteiger partial charge is 0.491 e. The lowest BCUT2D eigenvalue weighted by molar-refractivity contribution is 0.0958. The fourth-order valence-corrected chi connectivity index (χ4v) is 4.81. The van der Waals surface area contributed by atoms with Crippen LogP contribution < -0.4 is 10.1 Å². The third kappa shape index (κ3) is 6.27. The van der Waals surface area contributed by atoms with Crippen LogP contribution in [-0.4, -0.2) is 49.8 Å². The van der Waals surface area contributed by atoms with Crippen LogP contribution in [0.5, 0.6) is 5.75 Å². The van der Waals surface area contributed by atoms with Gasteiger partial charge in [0, 0.05) is 36.0 Å². The number of halogens is 3. The quantitative estimate of drug-likeness (QED) is 0.551. The van der Waals surface area contributed by atoms with Gasteiger partial charge in [-0.3, -0.25) is 9.69 Å². The normalized spacial score (nSPS) is 17.2. The first-order chi connectivity index (χ1) is 13.0. The first kappa shape index (κ1) is 20.8. The molecular formula is C19H21Br2FN2O2S. The van der Waals surface area contributed by atoms with Crippen LogP contribution in [0.15, 0.2) is 38.6 Å². The molecule has 1 N–H and O–H groups in total. The number of likely N-dealkylation sites (tertiary alicyclic amines) is 1. The molecule has 0 radical (unpaired) electrons. The number of hydrogen-bond donors (Lipinski definition) is 1. The summed E-state index contributed by atoms with van der Waals surface area (Å²) in [5, 5.41) is 4.83. The zero-order chi connectivity index (χ0) is 19.2. The highest BCUT2D eigenvalue weighted by Crippen LogP contribution is 2.26. The Bertz CT molecular complexity index is 787. The summed E-state index contributed by atoms with van der Waals surface area (Å²) in [6.45, 7) is 3.16. The zero-order valence-corrected chi connectivity index (χ0v) is 18.7. The van der Waals surface area contributed by atoms with Crippen molar-refractivity contribution in [1.82, 2.24) is 10.2 Å². The van der Waals surface area contributed by atoms with Crippen LogP contribution in [-0.2, 0) is 6.42 Å². The van der Waals surface area contributed by atoms with Crippen molar-refractivity contribution in [3.8, 4) is 5.75 Å². The lowest BCUT2D eigenvalue weighted by atomic mass is 10.1. The number of ether oxygens (including phenoxy) is 1. The second kappa shape index (κ2) is 10.0. The number of hydrogen-bond acceptors (Lipinski definition) is 4. The van der Waals surface area contributed by atoms with Gasteiger partial charge in [0.1, 0.15) is 18.5 Å². The van der Waals surface area contributed by atoms with Gasteiger partial charge < -0.3 is 10.1 Å². The fraction of sp³-hybridized carbons (Fsp3) is 0.421. The molecule has 4 nitrogen and oxygen atoms in total. The van der Waals surface area contributed by atoms with E-state index >= 15 is 0 Å². The standard InChI is InChI=1S/C19H21Br2FN2O2S/c20-14-10-18(27-12-14)19(25)23-5-3-13-1-2-17(16(21)9-13)26-8-7-24-6-4-15(22)11-24/h1-2,9-10,12,15H,3-8,11H2,(H,23,25)/t15-/m0/s1. The third-order valence-corrected chi connectivity index (χ3v) is 6.68. The number of benzene rings is 1. The summed E-state index contributed by atoms with van der Waals surface area (Å²) < 4.78 is 20.8. The van der Waals surface area contributed by atoms with Crippen molar-refractivity contribution < 1.29 is 13.9 Å². The number of amides is 1. The van der Waals surface area contributed by atoms with Gasteiger partial charge in [-0.25, -0.2) is 4.39 Å². The first-order valence-electron chi connectivity index (χ1n) is 8.81. The van der Waals surface area contributed by atoms with Gasteiger partial charge in [-0.1, -0.05) is 6.07 Å². The van der Waals surface area contributed by atoms with E-state index in [1.54, 1.807) is 0 Å². The molecule has 27 heavy (non-hydrogen) atoms. The van der Waals surface area contributed by atoms with Gasteiger partial charge in [-0.15, -0.1) is 11.3 Å². The molecule has 1 saturated heterocycles. The second-order valence-electron chi connectivity index (χ2n) is 6.43. The van der Waals surface area contributed by atoms with E-state index < -0.39 is 6.17 Å². The molecule has 1 amide bonds. The van der Waals surface area contributed by atoms with E-state index in [4.69, 9.17) is 4.74 Å². The molecule has 3 rings (SSSR count). The zero-order valence-electron chi connectivity index (χ0n) is 14.7. The maximum atomic E-state index is 13.2. The molecule has 0 unspecified atom stereocenters. The summed E-state index contributed by atoms with van der Waals surface area (Å²) in [5.41, 5.74) is 1.11. The summed E-state index contributed by atoms with van der Waals surface area (Å²) in [6, 6.07) is 7.76. The van der Waals surface area contributed by atoms with E-state index in [9.17, 15) is 9.18 Å². The minimum atomic E-state index is -0.696. The number of nitrogens with zero attached hydrogens (tertiary/aromatic N) is 1. The van der Waals surface area contributed by atoms with Crippen LogP contribution in [0.25, 0.3) is 0 Å². The molecule has 146 valence electrons. The molecule has 1 fully saturated rings. The molecule has 2 heterocycles. The Balaban J connectivity index is 1.41. The van der Waals surface area contributed by atoms with Crippen molar-refractivity contribution in [1.29, 1.82) is 0 Å². The summed E-state index contributed by atoms with van der Waals surface area (Å²) >= 11 is 8.31. The molecule has 1 aliphatic rings. The van der Waals surface area contributed by atoms with E-state index in [1.807, 2.05) is 29.6 Å². The summed E-state index contributed by atoms with van der Waals surface area (Å²) in [4.78, 5) is 14.8. The van der Waals surface area contributed by atoms with E-state index in [0.717, 1.165) is 39.8 Å². The van der Waals surface area contributed by atoms with Gasteiger partial charge in [0.05, 0.1) is 9.35 Å². The van der Waals surface area contributed by atoms with Gasteiger partial charge in [0.15, 0.2) is 0 Å². The van der Waals surface area contributed by atoms with E-state index in [-0.39, 0.29) is 5.91 Å². The van der Waals surface area contributed by atoms with E-state index in [2.05, 4.69) is 42.1 Å². The lowest BCUT2D eigenvalue weighted by Crippen LogP contribution is -2.26. The molecule has 1 aromatic carbocycles. The van der Waals surface area contributed by atoms with Crippen molar-refractivity contribution in [2.24, 2.45) is 0 Å². The number of thiophene rings is 1. The minimum absolute atomic E-state index is 0.0536. The first-order valence-corrected chi connectivity index (χ1v) is 11.3. The van der Waals surface area contributed by atoms with E-state index in [0.29, 0.717) is 31.0 Å². The number of carbonyl (C=O) groups is 1. The van der Waals surface area contributed by atoms with Crippen LogP contribution in [0, 0.1) is 0 Å². The Morgan fingerprint density at radius 3 is 2.89 bits per heavy atom. The fourth-order valence-electron chi connectivity index (χ4n) is 2.93. The monoisotopic (exact) mass is 518 g/mol. The number of alkyl halides is 1. The molecule has 1 aromatic heterocycles. The summed E-state index contributed by atoms with van der Waals surface area (Å²) in [5.74, 6) is 0.726. The Morgan fingerprint density at radius 2 is 2.22 bits per heavy atom. The van der Waals surface area contributed by atoms with Crippen LogP contribution in [0.1, 0.15) is 21.7 Å². The van der Waals surface area contributed by atoms with Gasteiger partial charge >= 0.3 is 0 Å². The maximum Gasteiger partial charge on any atom is 0.261 e. The van der Waals surface area contributed by atoms with Gasteiger partial charge in [-0.2, -0.15) is 0 Å². The summed E-state index contributed by atoms with van der Waals surface area (Å²) in [7, 11) is 0. The smallest absolute Gasteiger partial charge is 0.261 e. The molecular weight excluding hydrogens is 499 g/mol. The van der Waals surface area contributed by atoms with Crippen LogP contribution in [0.4, 0.5) is 4.39 Å². The number of rotatable bonds is 8. The number of nitrogens with one attached hydrogen (secondary N) is 1. The Labute approximate surface area is 179 Å². The minimum Gasteiger partial charge on any atom is -0.491 e. The predicted molar refractivity (Wildman–Crippen MR) is 114 cm³/mol. The highest BCUT2D eigenvalue weighted by Gasteiger charge is 2.21. The Kier molecular flexibility index (Phi) is 7.69. The van der Waals surface area contributed by atoms with Gasteiger partial charge in [0.2, 0.25) is 0 Å². The molecule has 1 aliphatic heterocycles. The second-order valence-corrected chi connectivity index (χ2v) is 9.12. The lowest BCUT2D eigenvalue weighted by Gasteiger charge is -2.16. The van der Waals surface area contributed by atoms with Crippen molar-refractivity contribution >= 4 is 49.1 Å². The Morgan fingerprint density at radius 1 is 1.37 bits per heavy atom. The summed E-state index contributed by atoms with van der Waals surface area (Å²) in [6.07, 6.45) is 0.666. The molecule has 1 atom stereocenters. The van der Waals surface area contributed by atoms with Crippen LogP contribution in [0.2, 0.25) is 0 Å².